The van der Waals surface area contributed by atoms with E-state index in [1.54, 1.807) is 0 Å². The number of hydroxylamine groups is 2. The monoisotopic (exact) mass is 311 g/mol. The van der Waals surface area contributed by atoms with E-state index in [1.807, 2.05) is 55.5 Å². The maximum atomic E-state index is 12.1. The SMILES string of the molecule is CC(ON1C(=O)OCCC1Cc1ccccc1)c1ccccc1. The molecule has 1 fully saturated rings. The van der Waals surface area contributed by atoms with Crippen LogP contribution in [0, 0.1) is 0 Å². The Bertz CT molecular complexity index is 630. The van der Waals surface area contributed by atoms with Crippen LogP contribution < -0.4 is 0 Å². The van der Waals surface area contributed by atoms with Crippen LogP contribution in [0.1, 0.15) is 30.6 Å². The second-order valence-electron chi connectivity index (χ2n) is 5.73. The molecule has 2 atom stereocenters. The molecule has 2 aromatic rings. The van der Waals surface area contributed by atoms with Gasteiger partial charge in [-0.25, -0.2) is 4.79 Å². The van der Waals surface area contributed by atoms with Crippen molar-refractivity contribution in [2.45, 2.75) is 31.9 Å². The van der Waals surface area contributed by atoms with Crippen LogP contribution in [-0.2, 0) is 16.0 Å². The smallest absolute Gasteiger partial charge is 0.434 e. The fraction of sp³-hybridized carbons (Fsp3) is 0.316. The Hall–Kier alpha value is -2.33. The van der Waals surface area contributed by atoms with Gasteiger partial charge in [0.2, 0.25) is 0 Å². The fourth-order valence-electron chi connectivity index (χ4n) is 2.77. The minimum Gasteiger partial charge on any atom is -0.448 e. The van der Waals surface area contributed by atoms with Gasteiger partial charge in [0.15, 0.2) is 0 Å². The predicted octanol–water partition coefficient (Wildman–Crippen LogP) is 4.13. The van der Waals surface area contributed by atoms with Crippen LogP contribution in [-0.4, -0.2) is 23.8 Å². The van der Waals surface area contributed by atoms with E-state index in [0.717, 1.165) is 18.4 Å². The number of carbonyl (C=O) groups excluding carboxylic acids is 1. The molecular formula is C19H21NO3. The molecule has 0 aromatic heterocycles. The summed E-state index contributed by atoms with van der Waals surface area (Å²) < 4.78 is 5.16. The van der Waals surface area contributed by atoms with Gasteiger partial charge in [-0.15, -0.1) is 0 Å². The highest BCUT2D eigenvalue weighted by molar-refractivity contribution is 5.67. The third kappa shape index (κ3) is 3.90. The van der Waals surface area contributed by atoms with Crippen molar-refractivity contribution in [2.75, 3.05) is 6.61 Å². The first kappa shape index (κ1) is 15.6. The molecule has 0 bridgehead atoms. The molecule has 4 nitrogen and oxygen atoms in total. The van der Waals surface area contributed by atoms with Crippen molar-refractivity contribution in [3.63, 3.8) is 0 Å². The standard InChI is InChI=1S/C19H21NO3/c1-15(17-10-6-3-7-11-17)23-20-18(12-13-22-19(20)21)14-16-8-4-2-5-9-16/h2-11,15,18H,12-14H2,1H3. The number of hydrogen-bond donors (Lipinski definition) is 0. The summed E-state index contributed by atoms with van der Waals surface area (Å²) in [6.07, 6.45) is 0.916. The lowest BCUT2D eigenvalue weighted by Gasteiger charge is -2.35. The van der Waals surface area contributed by atoms with Gasteiger partial charge in [0, 0.05) is 6.42 Å². The molecule has 1 aliphatic heterocycles. The van der Waals surface area contributed by atoms with Crippen LogP contribution in [0.15, 0.2) is 60.7 Å². The first-order valence-corrected chi connectivity index (χ1v) is 7.95. The Balaban J connectivity index is 1.72. The number of hydrogen-bond acceptors (Lipinski definition) is 3. The quantitative estimate of drug-likeness (QED) is 0.833. The lowest BCUT2D eigenvalue weighted by atomic mass is 10.0. The summed E-state index contributed by atoms with van der Waals surface area (Å²) in [6.45, 7) is 2.38. The molecular weight excluding hydrogens is 290 g/mol. The van der Waals surface area contributed by atoms with E-state index in [2.05, 4.69) is 12.1 Å². The minimum atomic E-state index is -0.403. The molecule has 0 spiro atoms. The molecule has 0 aliphatic carbocycles. The van der Waals surface area contributed by atoms with Gasteiger partial charge in [-0.3, -0.25) is 4.84 Å². The van der Waals surface area contributed by atoms with E-state index in [1.165, 1.54) is 10.6 Å². The molecule has 0 N–H and O–H groups in total. The molecule has 0 saturated carbocycles. The van der Waals surface area contributed by atoms with E-state index in [9.17, 15) is 4.79 Å². The predicted molar refractivity (Wildman–Crippen MR) is 87.7 cm³/mol. The summed E-state index contributed by atoms with van der Waals surface area (Å²) in [4.78, 5) is 18.1. The van der Waals surface area contributed by atoms with Crippen molar-refractivity contribution >= 4 is 6.09 Å². The highest BCUT2D eigenvalue weighted by Gasteiger charge is 2.32. The summed E-state index contributed by atoms with van der Waals surface area (Å²) in [5.74, 6) is 0. The normalized spacial score (nSPS) is 19.3. The molecule has 1 amide bonds. The van der Waals surface area contributed by atoms with E-state index in [0.29, 0.717) is 6.61 Å². The molecule has 1 aliphatic rings. The Morgan fingerprint density at radius 2 is 1.78 bits per heavy atom. The molecule has 1 heterocycles. The topological polar surface area (TPSA) is 38.8 Å². The summed E-state index contributed by atoms with van der Waals surface area (Å²) in [5.41, 5.74) is 2.22. The first-order valence-electron chi connectivity index (χ1n) is 7.95. The van der Waals surface area contributed by atoms with Gasteiger partial charge in [-0.2, -0.15) is 5.06 Å². The maximum absolute atomic E-state index is 12.1. The van der Waals surface area contributed by atoms with Crippen molar-refractivity contribution in [2.24, 2.45) is 0 Å². The Labute approximate surface area is 136 Å². The zero-order valence-electron chi connectivity index (χ0n) is 13.2. The number of ether oxygens (including phenoxy) is 1. The lowest BCUT2D eigenvalue weighted by Crippen LogP contribution is -2.47. The van der Waals surface area contributed by atoms with Crippen molar-refractivity contribution in [3.05, 3.63) is 71.8 Å². The van der Waals surface area contributed by atoms with Crippen LogP contribution in [0.4, 0.5) is 4.79 Å². The van der Waals surface area contributed by atoms with Gasteiger partial charge in [0.25, 0.3) is 0 Å². The number of benzene rings is 2. The third-order valence-electron chi connectivity index (χ3n) is 4.04. The number of nitrogens with zero attached hydrogens (tertiary/aromatic N) is 1. The number of cyclic esters (lactones) is 1. The van der Waals surface area contributed by atoms with Crippen molar-refractivity contribution in [1.29, 1.82) is 0 Å². The Morgan fingerprint density at radius 1 is 1.13 bits per heavy atom. The van der Waals surface area contributed by atoms with E-state index >= 15 is 0 Å². The molecule has 4 heteroatoms. The summed E-state index contributed by atoms with van der Waals surface area (Å²) in [6, 6.07) is 20.0. The summed E-state index contributed by atoms with van der Waals surface area (Å²) >= 11 is 0. The van der Waals surface area contributed by atoms with Gasteiger partial charge in [-0.1, -0.05) is 60.7 Å². The average Bonchev–Trinajstić information content (AvgIpc) is 2.59. The third-order valence-corrected chi connectivity index (χ3v) is 4.04. The van der Waals surface area contributed by atoms with E-state index in [4.69, 9.17) is 9.57 Å². The van der Waals surface area contributed by atoms with Gasteiger partial charge in [0.1, 0.15) is 6.10 Å². The Morgan fingerprint density at radius 3 is 2.48 bits per heavy atom. The second-order valence-corrected chi connectivity index (χ2v) is 5.73. The van der Waals surface area contributed by atoms with Crippen LogP contribution in [0.3, 0.4) is 0 Å². The largest absolute Gasteiger partial charge is 0.448 e. The molecule has 2 aromatic carbocycles. The van der Waals surface area contributed by atoms with Gasteiger partial charge in [0.05, 0.1) is 12.6 Å². The van der Waals surface area contributed by atoms with Crippen LogP contribution in [0.5, 0.6) is 0 Å². The van der Waals surface area contributed by atoms with Gasteiger partial charge < -0.3 is 4.74 Å². The first-order chi connectivity index (χ1) is 11.2. The zero-order chi connectivity index (χ0) is 16.1. The number of carbonyl (C=O) groups is 1. The summed E-state index contributed by atoms with van der Waals surface area (Å²) in [7, 11) is 0. The Kier molecular flexibility index (Phi) is 4.93. The number of amides is 1. The molecule has 3 rings (SSSR count). The highest BCUT2D eigenvalue weighted by atomic mass is 16.7. The molecule has 120 valence electrons. The maximum Gasteiger partial charge on any atom is 0.434 e. The van der Waals surface area contributed by atoms with Crippen LogP contribution in [0.2, 0.25) is 0 Å². The second kappa shape index (κ2) is 7.29. The van der Waals surface area contributed by atoms with Crippen LogP contribution >= 0.6 is 0 Å². The molecule has 1 saturated heterocycles. The van der Waals surface area contributed by atoms with Gasteiger partial charge >= 0.3 is 6.09 Å². The lowest BCUT2D eigenvalue weighted by molar-refractivity contribution is -0.209. The van der Waals surface area contributed by atoms with Crippen LogP contribution in [0.25, 0.3) is 0 Å². The van der Waals surface area contributed by atoms with Crippen molar-refractivity contribution in [3.8, 4) is 0 Å². The minimum absolute atomic E-state index is 0.00943. The fourth-order valence-corrected chi connectivity index (χ4v) is 2.77. The zero-order valence-corrected chi connectivity index (χ0v) is 13.2. The number of rotatable bonds is 5. The summed E-state index contributed by atoms with van der Waals surface area (Å²) in [5, 5.41) is 1.41. The molecule has 0 radical (unpaired) electrons. The van der Waals surface area contributed by atoms with Gasteiger partial charge in [-0.05, 0) is 24.5 Å². The molecule has 23 heavy (non-hydrogen) atoms. The molecule has 2 unspecified atom stereocenters. The van der Waals surface area contributed by atoms with Crippen molar-refractivity contribution in [1.82, 2.24) is 5.06 Å². The average molecular weight is 311 g/mol. The van der Waals surface area contributed by atoms with E-state index in [-0.39, 0.29) is 12.1 Å². The van der Waals surface area contributed by atoms with E-state index < -0.39 is 6.09 Å². The van der Waals surface area contributed by atoms with Crippen molar-refractivity contribution < 1.29 is 14.4 Å². The highest BCUT2D eigenvalue weighted by Crippen LogP contribution is 2.24.